The molecular weight excluding hydrogens is 132 g/mol. The zero-order chi connectivity index (χ0) is 7.84. The van der Waals surface area contributed by atoms with Crippen molar-refractivity contribution in [3.05, 3.63) is 0 Å². The Labute approximate surface area is 70.4 Å². The molecule has 2 rings (SSSR count). The lowest BCUT2D eigenvalue weighted by Crippen LogP contribution is -2.10. The molecule has 0 aliphatic heterocycles. The quantitative estimate of drug-likeness (QED) is 0.581. The maximum atomic E-state index is 2.37. The molecule has 11 heavy (non-hydrogen) atoms. The summed E-state index contributed by atoms with van der Waals surface area (Å²) in [5, 5.41) is 0. The van der Waals surface area contributed by atoms with Gasteiger partial charge in [0.15, 0.2) is 0 Å². The van der Waals surface area contributed by atoms with Crippen LogP contribution in [-0.4, -0.2) is 0 Å². The highest BCUT2D eigenvalue weighted by Gasteiger charge is 2.51. The summed E-state index contributed by atoms with van der Waals surface area (Å²) in [6.07, 6.45) is 7.52. The van der Waals surface area contributed by atoms with Gasteiger partial charge in [0.05, 0.1) is 0 Å². The van der Waals surface area contributed by atoms with Gasteiger partial charge in [0.1, 0.15) is 0 Å². The zero-order valence-corrected chi connectivity index (χ0v) is 7.84. The molecule has 4 atom stereocenters. The van der Waals surface area contributed by atoms with Gasteiger partial charge in [-0.1, -0.05) is 33.1 Å². The molecule has 0 saturated heterocycles. The van der Waals surface area contributed by atoms with E-state index < -0.39 is 0 Å². The fourth-order valence-electron chi connectivity index (χ4n) is 3.23. The first-order valence-corrected chi connectivity index (χ1v) is 5.36. The largest absolute Gasteiger partial charge is 0.0654 e. The number of rotatable bonds is 3. The van der Waals surface area contributed by atoms with Crippen LogP contribution in [0.15, 0.2) is 0 Å². The Hall–Kier alpha value is 0. The van der Waals surface area contributed by atoms with Gasteiger partial charge in [-0.2, -0.15) is 0 Å². The van der Waals surface area contributed by atoms with Gasteiger partial charge in [0.25, 0.3) is 0 Å². The van der Waals surface area contributed by atoms with Crippen LogP contribution < -0.4 is 0 Å². The third-order valence-electron chi connectivity index (χ3n) is 3.88. The molecule has 0 N–H and O–H groups in total. The summed E-state index contributed by atoms with van der Waals surface area (Å²) in [5.74, 6) is 4.60. The summed E-state index contributed by atoms with van der Waals surface area (Å²) in [6, 6.07) is 0. The van der Waals surface area contributed by atoms with E-state index in [0.29, 0.717) is 0 Å². The molecule has 0 heteroatoms. The Bertz CT molecular complexity index is 139. The van der Waals surface area contributed by atoms with Gasteiger partial charge >= 0.3 is 0 Å². The summed E-state index contributed by atoms with van der Waals surface area (Å²) >= 11 is 0. The van der Waals surface area contributed by atoms with Crippen LogP contribution in [0.4, 0.5) is 0 Å². The first-order chi connectivity index (χ1) is 5.36. The first-order valence-electron chi connectivity index (χ1n) is 5.36. The SMILES string of the molecule is CCCC1C(CC)C[C@@H]2CC12. The van der Waals surface area contributed by atoms with Crippen LogP contribution in [0.5, 0.6) is 0 Å². The van der Waals surface area contributed by atoms with Gasteiger partial charge < -0.3 is 0 Å². The maximum Gasteiger partial charge on any atom is -0.0352 e. The average molecular weight is 152 g/mol. The van der Waals surface area contributed by atoms with Crippen molar-refractivity contribution in [1.82, 2.24) is 0 Å². The monoisotopic (exact) mass is 152 g/mol. The highest BCUT2D eigenvalue weighted by atomic mass is 14.6. The van der Waals surface area contributed by atoms with Crippen molar-refractivity contribution in [3.63, 3.8) is 0 Å². The van der Waals surface area contributed by atoms with Crippen LogP contribution in [0.1, 0.15) is 46.0 Å². The van der Waals surface area contributed by atoms with Crippen molar-refractivity contribution in [2.24, 2.45) is 23.7 Å². The third kappa shape index (κ3) is 1.21. The van der Waals surface area contributed by atoms with E-state index in [1.165, 1.54) is 31.1 Å². The lowest BCUT2D eigenvalue weighted by Gasteiger charge is -2.20. The maximum absolute atomic E-state index is 2.37. The lowest BCUT2D eigenvalue weighted by molar-refractivity contribution is 0.305. The molecule has 0 spiro atoms. The van der Waals surface area contributed by atoms with Gasteiger partial charge in [-0.05, 0) is 36.5 Å². The third-order valence-corrected chi connectivity index (χ3v) is 3.88. The standard InChI is InChI=1S/C11H20/c1-3-5-10-8(4-2)6-9-7-11(9)10/h8-11H,3-7H2,1-2H3/t8?,9-,10?,11?/m1/s1. The molecule has 2 fully saturated rings. The normalized spacial score (nSPS) is 47.5. The summed E-state index contributed by atoms with van der Waals surface area (Å²) in [7, 11) is 0. The molecule has 0 aromatic rings. The fourth-order valence-corrected chi connectivity index (χ4v) is 3.23. The minimum absolute atomic E-state index is 1.11. The summed E-state index contributed by atoms with van der Waals surface area (Å²) < 4.78 is 0. The number of fused-ring (bicyclic) bond motifs is 1. The lowest BCUT2D eigenvalue weighted by atomic mass is 9.86. The molecule has 0 radical (unpaired) electrons. The molecule has 0 amide bonds. The predicted molar refractivity (Wildman–Crippen MR) is 48.4 cm³/mol. The number of hydrogen-bond donors (Lipinski definition) is 0. The first kappa shape index (κ1) is 7.64. The molecule has 0 bridgehead atoms. The van der Waals surface area contributed by atoms with E-state index in [4.69, 9.17) is 0 Å². The molecule has 3 unspecified atom stereocenters. The second-order valence-corrected chi connectivity index (χ2v) is 4.52. The fraction of sp³-hybridized carbons (Fsp3) is 1.00. The highest BCUT2D eigenvalue weighted by molar-refractivity contribution is 5.00. The molecule has 0 heterocycles. The van der Waals surface area contributed by atoms with Gasteiger partial charge in [0, 0.05) is 0 Å². The molecule has 2 aliphatic carbocycles. The zero-order valence-electron chi connectivity index (χ0n) is 7.84. The molecular formula is C11H20. The van der Waals surface area contributed by atoms with Crippen molar-refractivity contribution >= 4 is 0 Å². The predicted octanol–water partition coefficient (Wildman–Crippen LogP) is 3.47. The van der Waals surface area contributed by atoms with Crippen molar-refractivity contribution in [1.29, 1.82) is 0 Å². The summed E-state index contributed by atoms with van der Waals surface area (Å²) in [6.45, 7) is 4.71. The van der Waals surface area contributed by atoms with Crippen LogP contribution in [-0.2, 0) is 0 Å². The Kier molecular flexibility index (Phi) is 1.95. The smallest absolute Gasteiger partial charge is 0.0352 e. The molecule has 2 aliphatic rings. The highest BCUT2D eigenvalue weighted by Crippen LogP contribution is 2.60. The average Bonchev–Trinajstić information content (AvgIpc) is 2.70. The van der Waals surface area contributed by atoms with Crippen LogP contribution in [0.2, 0.25) is 0 Å². The van der Waals surface area contributed by atoms with E-state index in [0.717, 1.165) is 11.8 Å². The van der Waals surface area contributed by atoms with Crippen molar-refractivity contribution in [2.75, 3.05) is 0 Å². The van der Waals surface area contributed by atoms with E-state index in [1.807, 2.05) is 0 Å². The van der Waals surface area contributed by atoms with Crippen molar-refractivity contribution in [2.45, 2.75) is 46.0 Å². The van der Waals surface area contributed by atoms with Gasteiger partial charge in [-0.15, -0.1) is 0 Å². The molecule has 2 saturated carbocycles. The molecule has 0 aromatic carbocycles. The van der Waals surface area contributed by atoms with Crippen LogP contribution in [0.25, 0.3) is 0 Å². The molecule has 0 nitrogen and oxygen atoms in total. The number of hydrogen-bond acceptors (Lipinski definition) is 0. The van der Waals surface area contributed by atoms with Gasteiger partial charge in [0.2, 0.25) is 0 Å². The van der Waals surface area contributed by atoms with E-state index in [9.17, 15) is 0 Å². The Morgan fingerprint density at radius 2 is 2.00 bits per heavy atom. The minimum Gasteiger partial charge on any atom is -0.0654 e. The Morgan fingerprint density at radius 3 is 2.64 bits per heavy atom. The van der Waals surface area contributed by atoms with Crippen LogP contribution >= 0.6 is 0 Å². The Morgan fingerprint density at radius 1 is 1.18 bits per heavy atom. The van der Waals surface area contributed by atoms with Crippen LogP contribution in [0, 0.1) is 23.7 Å². The second kappa shape index (κ2) is 2.80. The van der Waals surface area contributed by atoms with E-state index >= 15 is 0 Å². The second-order valence-electron chi connectivity index (χ2n) is 4.52. The minimum atomic E-state index is 1.11. The Balaban J connectivity index is 1.92. The van der Waals surface area contributed by atoms with E-state index in [-0.39, 0.29) is 0 Å². The van der Waals surface area contributed by atoms with Crippen molar-refractivity contribution in [3.8, 4) is 0 Å². The van der Waals surface area contributed by atoms with Crippen LogP contribution in [0.3, 0.4) is 0 Å². The van der Waals surface area contributed by atoms with E-state index in [2.05, 4.69) is 13.8 Å². The molecule has 64 valence electrons. The van der Waals surface area contributed by atoms with Crippen molar-refractivity contribution < 1.29 is 0 Å². The summed E-state index contributed by atoms with van der Waals surface area (Å²) in [4.78, 5) is 0. The van der Waals surface area contributed by atoms with Gasteiger partial charge in [-0.3, -0.25) is 0 Å². The van der Waals surface area contributed by atoms with E-state index in [1.54, 1.807) is 12.8 Å². The van der Waals surface area contributed by atoms with Gasteiger partial charge in [-0.25, -0.2) is 0 Å². The topological polar surface area (TPSA) is 0 Å². The molecule has 0 aromatic heterocycles. The summed E-state index contributed by atoms with van der Waals surface area (Å²) in [5.41, 5.74) is 0.